The Balaban J connectivity index is 0.00000480. The molecule has 1 aromatic heterocycles. The van der Waals surface area contributed by atoms with Crippen molar-refractivity contribution in [2.24, 2.45) is 0 Å². The molecule has 0 bridgehead atoms. The van der Waals surface area contributed by atoms with Gasteiger partial charge < -0.3 is 6.16 Å². The summed E-state index contributed by atoms with van der Waals surface area (Å²) in [5, 5.41) is 0. The molecule has 1 heterocycles. The molecule has 0 saturated heterocycles. The largest absolute Gasteiger partial charge is 1.00 e. The molecule has 0 aliphatic rings. The molecule has 9 heteroatoms. The van der Waals surface area contributed by atoms with E-state index < -0.39 is 10.1 Å². The molecule has 2 aromatic rings. The third kappa shape index (κ3) is 9.53. The van der Waals surface area contributed by atoms with Crippen LogP contribution in [-0.2, 0) is 16.5 Å². The van der Waals surface area contributed by atoms with Crippen LogP contribution in [0.3, 0.4) is 0 Å². The van der Waals surface area contributed by atoms with Gasteiger partial charge in [0, 0.05) is 10.4 Å². The van der Waals surface area contributed by atoms with Crippen molar-refractivity contribution < 1.29 is 48.7 Å². The van der Waals surface area contributed by atoms with Crippen LogP contribution in [0.4, 0.5) is 0 Å². The van der Waals surface area contributed by atoms with Crippen LogP contribution in [-0.4, -0.2) is 20.1 Å². The number of hydrogen-bond donors (Lipinski definition) is 1. The van der Waals surface area contributed by atoms with E-state index >= 15 is 0 Å². The molecule has 0 spiro atoms. The van der Waals surface area contributed by atoms with Crippen molar-refractivity contribution in [3.05, 3.63) is 26.9 Å². The van der Waals surface area contributed by atoms with Gasteiger partial charge in [0.15, 0.2) is 0 Å². The number of hydrogen-bond acceptors (Lipinski definition) is 6. The summed E-state index contributed by atoms with van der Waals surface area (Å²) in [6.45, 7) is 2.25. The summed E-state index contributed by atoms with van der Waals surface area (Å²) < 4.78 is 38.8. The van der Waals surface area contributed by atoms with Gasteiger partial charge in [-0.05, 0) is 30.5 Å². The first kappa shape index (κ1) is 29.2. The van der Waals surface area contributed by atoms with Crippen molar-refractivity contribution in [2.45, 2.75) is 82.4 Å². The van der Waals surface area contributed by atoms with E-state index in [1.807, 2.05) is 0 Å². The molecule has 4 nitrogen and oxygen atoms in total. The Kier molecular flexibility index (Phi) is 14.3. The Morgan fingerprint density at radius 2 is 1.58 bits per heavy atom. The zero-order valence-electron chi connectivity index (χ0n) is 19.8. The van der Waals surface area contributed by atoms with Crippen molar-refractivity contribution in [1.29, 1.82) is 0 Å². The van der Waals surface area contributed by atoms with E-state index in [0.29, 0.717) is 5.56 Å². The molecule has 31 heavy (non-hydrogen) atoms. The Bertz CT molecular complexity index is 957. The molecule has 1 N–H and O–H groups in total. The molecule has 170 valence electrons. The maximum absolute atomic E-state index is 11.7. The summed E-state index contributed by atoms with van der Waals surface area (Å²) in [6.07, 6.45) is 13.9. The van der Waals surface area contributed by atoms with E-state index in [2.05, 4.69) is 6.92 Å². The smallest absolute Gasteiger partial charge is 1.00 e. The predicted octanol–water partition coefficient (Wildman–Crippen LogP) is 5.04. The third-order valence-electron chi connectivity index (χ3n) is 5.19. The maximum atomic E-state index is 11.7. The molecule has 0 unspecified atom stereocenters. The topological polar surface area (TPSA) is 63.6 Å². The Labute approximate surface area is 223 Å². The minimum absolute atomic E-state index is 0. The van der Waals surface area contributed by atoms with Gasteiger partial charge in [-0.3, -0.25) is 4.55 Å². The molecular formula is C22H33NaO4S4. The van der Waals surface area contributed by atoms with Crippen LogP contribution in [0.15, 0.2) is 23.1 Å². The zero-order valence-corrected chi connectivity index (χ0v) is 24.1. The predicted molar refractivity (Wildman–Crippen MR) is 131 cm³/mol. The van der Waals surface area contributed by atoms with Crippen LogP contribution >= 0.6 is 32.9 Å². The van der Waals surface area contributed by atoms with Crippen LogP contribution in [0.1, 0.15) is 77.4 Å². The van der Waals surface area contributed by atoms with Crippen molar-refractivity contribution in [3.63, 3.8) is 0 Å². The number of benzene rings is 1. The minimum atomic E-state index is -4.37. The van der Waals surface area contributed by atoms with Crippen molar-refractivity contribution in [3.8, 4) is 16.9 Å². The monoisotopic (exact) mass is 512 g/mol. The van der Waals surface area contributed by atoms with Gasteiger partial charge in [-0.2, -0.15) is 8.42 Å². The first-order valence-electron chi connectivity index (χ1n) is 10.7. The van der Waals surface area contributed by atoms with E-state index in [0.717, 1.165) is 22.2 Å². The number of unbranched alkanes of at least 4 members (excludes halogenated alkanes) is 9. The summed E-state index contributed by atoms with van der Waals surface area (Å²) >= 11 is 5.52. The van der Waals surface area contributed by atoms with Gasteiger partial charge in [0.05, 0.1) is 7.11 Å². The first-order valence-corrected chi connectivity index (χ1v) is 14.7. The van der Waals surface area contributed by atoms with E-state index in [1.54, 1.807) is 32.8 Å². The Morgan fingerprint density at radius 3 is 2.13 bits per heavy atom. The average molecular weight is 513 g/mol. The molecular weight excluding hydrogens is 479 g/mol. The van der Waals surface area contributed by atoms with Gasteiger partial charge in [0.1, 0.15) is 14.5 Å². The summed E-state index contributed by atoms with van der Waals surface area (Å²) in [7, 11) is 0.218. The Morgan fingerprint density at radius 1 is 1.00 bits per heavy atom. The van der Waals surface area contributed by atoms with E-state index in [-0.39, 0.29) is 41.6 Å². The zero-order chi connectivity index (χ0) is 22.0. The Hall–Kier alpha value is 0.200. The SMILES string of the molecule is CCCCCCCCCCCCc1ssc(=S)c1-c1ccc(OC)c(S(=O)(=O)O)c1.[H-].[Na+]. The number of methoxy groups -OCH3 is 1. The first-order chi connectivity index (χ1) is 14.4. The van der Waals surface area contributed by atoms with E-state index in [1.165, 1.54) is 75.8 Å². The molecule has 0 saturated carbocycles. The van der Waals surface area contributed by atoms with Gasteiger partial charge in [-0.1, -0.05) is 104 Å². The van der Waals surface area contributed by atoms with Gasteiger partial charge >= 0.3 is 29.6 Å². The van der Waals surface area contributed by atoms with E-state index in [9.17, 15) is 13.0 Å². The number of aryl methyl sites for hydroxylation is 1. The standard InChI is InChI=1S/C22H32O4S4.Na.H/c1-3-4-5-6-7-8-9-10-11-12-13-19-21(22(27)29-28-19)17-14-15-18(26-2)20(16-17)30(23,24)25;;/h14-16H,3-13H2,1-2H3,(H,23,24,25);;/q;+1;-1. The van der Waals surface area contributed by atoms with Gasteiger partial charge in [0.25, 0.3) is 10.1 Å². The summed E-state index contributed by atoms with van der Waals surface area (Å²) in [6, 6.07) is 4.83. The van der Waals surface area contributed by atoms with Gasteiger partial charge in [-0.15, -0.1) is 0 Å². The number of ether oxygens (including phenoxy) is 1. The molecule has 0 atom stereocenters. The molecule has 0 aliphatic carbocycles. The van der Waals surface area contributed by atoms with Crippen LogP contribution in [0.25, 0.3) is 11.1 Å². The second-order valence-electron chi connectivity index (χ2n) is 7.52. The van der Waals surface area contributed by atoms with E-state index in [4.69, 9.17) is 17.0 Å². The molecule has 0 amide bonds. The summed E-state index contributed by atoms with van der Waals surface area (Å²) in [5.74, 6) is 0.127. The van der Waals surface area contributed by atoms with Crippen LogP contribution in [0.5, 0.6) is 5.75 Å². The fourth-order valence-electron chi connectivity index (χ4n) is 3.54. The summed E-state index contributed by atoms with van der Waals surface area (Å²) in [4.78, 5) is 0.967. The van der Waals surface area contributed by atoms with Crippen molar-refractivity contribution in [2.75, 3.05) is 7.11 Å². The van der Waals surface area contributed by atoms with Crippen molar-refractivity contribution in [1.82, 2.24) is 0 Å². The molecule has 2 rings (SSSR count). The third-order valence-corrected chi connectivity index (χ3v) is 9.24. The summed E-state index contributed by atoms with van der Waals surface area (Å²) in [5.41, 5.74) is 1.64. The molecule has 0 aliphatic heterocycles. The van der Waals surface area contributed by atoms with Crippen LogP contribution < -0.4 is 34.3 Å². The fourth-order valence-corrected chi connectivity index (χ4v) is 7.21. The fraction of sp³-hybridized carbons (Fsp3) is 0.591. The van der Waals surface area contributed by atoms with Crippen LogP contribution in [0, 0.1) is 3.82 Å². The molecule has 0 fully saturated rings. The molecule has 0 radical (unpaired) electrons. The second-order valence-corrected chi connectivity index (χ2v) is 11.8. The van der Waals surface area contributed by atoms with Gasteiger partial charge in [-0.25, -0.2) is 0 Å². The normalized spacial score (nSPS) is 11.3. The quantitative estimate of drug-likeness (QED) is 0.126. The minimum Gasteiger partial charge on any atom is -1.00 e. The second kappa shape index (κ2) is 15.2. The van der Waals surface area contributed by atoms with Crippen molar-refractivity contribution >= 4 is 43.0 Å². The molecule has 1 aromatic carbocycles. The maximum Gasteiger partial charge on any atom is 1.00 e. The van der Waals surface area contributed by atoms with Crippen LogP contribution in [0.2, 0.25) is 0 Å². The van der Waals surface area contributed by atoms with Gasteiger partial charge in [0.2, 0.25) is 0 Å². The number of rotatable bonds is 14. The average Bonchev–Trinajstić information content (AvgIpc) is 3.08.